The van der Waals surface area contributed by atoms with Crippen molar-refractivity contribution in [2.75, 3.05) is 0 Å². The fourth-order valence-corrected chi connectivity index (χ4v) is 3.18. The van der Waals surface area contributed by atoms with Crippen LogP contribution in [0.25, 0.3) is 11.3 Å². The smallest absolute Gasteiger partial charge is 0.123 e. The zero-order chi connectivity index (χ0) is 13.8. The summed E-state index contributed by atoms with van der Waals surface area (Å²) in [5, 5.41) is 0. The molecule has 4 heteroatoms. The maximum absolute atomic E-state index is 6.32. The lowest BCUT2D eigenvalue weighted by Gasteiger charge is -2.23. The summed E-state index contributed by atoms with van der Waals surface area (Å²) >= 11 is 0. The van der Waals surface area contributed by atoms with E-state index < -0.39 is 0 Å². The van der Waals surface area contributed by atoms with Crippen molar-refractivity contribution in [2.45, 2.75) is 44.6 Å². The molecule has 0 amide bonds. The van der Waals surface area contributed by atoms with E-state index in [9.17, 15) is 0 Å². The molecule has 0 saturated heterocycles. The van der Waals surface area contributed by atoms with E-state index in [1.165, 1.54) is 32.1 Å². The van der Waals surface area contributed by atoms with Crippen LogP contribution < -0.4 is 5.73 Å². The summed E-state index contributed by atoms with van der Waals surface area (Å²) in [4.78, 5) is 7.86. The maximum atomic E-state index is 6.32. The van der Waals surface area contributed by atoms with Crippen molar-refractivity contribution in [3.63, 3.8) is 0 Å². The molecule has 21 heavy (non-hydrogen) atoms. The fourth-order valence-electron chi connectivity index (χ4n) is 3.18. The van der Waals surface area contributed by atoms with Gasteiger partial charge in [-0.05, 0) is 17.9 Å². The summed E-state index contributed by atoms with van der Waals surface area (Å²) in [6.45, 7) is 0. The second-order valence-corrected chi connectivity index (χ2v) is 5.89. The summed E-state index contributed by atoms with van der Waals surface area (Å²) in [5.41, 5.74) is 8.54. The van der Waals surface area contributed by atoms with Gasteiger partial charge in [0.2, 0.25) is 0 Å². The van der Waals surface area contributed by atoms with E-state index in [0.29, 0.717) is 0 Å². The molecule has 3 N–H and O–H groups in total. The third kappa shape index (κ3) is 4.08. The SMILES string of the molecule is Cl.N[C@H](CC1CCCCC1)c1ncc(-c2ccccc2)[nH]1. The predicted molar refractivity (Wildman–Crippen MR) is 89.4 cm³/mol. The lowest BCUT2D eigenvalue weighted by atomic mass is 9.85. The highest BCUT2D eigenvalue weighted by Crippen LogP contribution is 2.30. The molecule has 3 nitrogen and oxygen atoms in total. The van der Waals surface area contributed by atoms with E-state index >= 15 is 0 Å². The Morgan fingerprint density at radius 1 is 1.14 bits per heavy atom. The molecule has 1 aliphatic rings. The predicted octanol–water partition coefficient (Wildman–Crippen LogP) is 4.47. The van der Waals surface area contributed by atoms with Gasteiger partial charge in [0.15, 0.2) is 0 Å². The number of hydrogen-bond donors (Lipinski definition) is 2. The zero-order valence-corrected chi connectivity index (χ0v) is 13.1. The summed E-state index contributed by atoms with van der Waals surface area (Å²) < 4.78 is 0. The first-order valence-electron chi connectivity index (χ1n) is 7.69. The van der Waals surface area contributed by atoms with Gasteiger partial charge in [0.05, 0.1) is 17.9 Å². The summed E-state index contributed by atoms with van der Waals surface area (Å²) in [6.07, 6.45) is 9.74. The van der Waals surface area contributed by atoms with Gasteiger partial charge in [0.25, 0.3) is 0 Å². The van der Waals surface area contributed by atoms with E-state index in [0.717, 1.165) is 29.4 Å². The van der Waals surface area contributed by atoms with Crippen molar-refractivity contribution in [3.8, 4) is 11.3 Å². The molecule has 0 radical (unpaired) electrons. The number of hydrogen-bond acceptors (Lipinski definition) is 2. The standard InChI is InChI=1S/C17H23N3.ClH/c18-15(11-13-7-3-1-4-8-13)17-19-12-16(20-17)14-9-5-2-6-10-14;/h2,5-6,9-10,12-13,15H,1,3-4,7-8,11,18H2,(H,19,20);1H/t15-;/m1./s1. The number of benzene rings is 1. The lowest BCUT2D eigenvalue weighted by Crippen LogP contribution is -2.18. The summed E-state index contributed by atoms with van der Waals surface area (Å²) in [5.74, 6) is 1.71. The number of halogens is 1. The normalized spacial score (nSPS) is 17.2. The minimum atomic E-state index is 0. The molecule has 1 aromatic heterocycles. The largest absolute Gasteiger partial charge is 0.341 e. The Kier molecular flexibility index (Phi) is 5.83. The number of nitrogens with zero attached hydrogens (tertiary/aromatic N) is 1. The molecule has 1 aromatic carbocycles. The van der Waals surface area contributed by atoms with E-state index in [4.69, 9.17) is 5.73 Å². The highest BCUT2D eigenvalue weighted by molar-refractivity contribution is 5.85. The number of rotatable bonds is 4. The minimum Gasteiger partial charge on any atom is -0.341 e. The number of nitrogens with one attached hydrogen (secondary N) is 1. The summed E-state index contributed by atoms with van der Waals surface area (Å²) in [7, 11) is 0. The van der Waals surface area contributed by atoms with Crippen molar-refractivity contribution in [2.24, 2.45) is 11.7 Å². The maximum Gasteiger partial charge on any atom is 0.123 e. The Morgan fingerprint density at radius 3 is 2.57 bits per heavy atom. The molecule has 0 bridgehead atoms. The van der Waals surface area contributed by atoms with E-state index in [1.54, 1.807) is 0 Å². The molecule has 1 aliphatic carbocycles. The average molecular weight is 306 g/mol. The van der Waals surface area contributed by atoms with E-state index in [1.807, 2.05) is 24.4 Å². The van der Waals surface area contributed by atoms with Crippen LogP contribution in [0.2, 0.25) is 0 Å². The molecule has 1 fully saturated rings. The zero-order valence-electron chi connectivity index (χ0n) is 12.3. The molecule has 1 atom stereocenters. The van der Waals surface area contributed by atoms with Crippen LogP contribution in [0.4, 0.5) is 0 Å². The van der Waals surface area contributed by atoms with Crippen molar-refractivity contribution >= 4 is 12.4 Å². The molecule has 1 saturated carbocycles. The topological polar surface area (TPSA) is 54.7 Å². The fraction of sp³-hybridized carbons (Fsp3) is 0.471. The van der Waals surface area contributed by atoms with Crippen LogP contribution in [-0.2, 0) is 0 Å². The number of nitrogens with two attached hydrogens (primary N) is 1. The van der Waals surface area contributed by atoms with Crippen molar-refractivity contribution < 1.29 is 0 Å². The molecule has 114 valence electrons. The second-order valence-electron chi connectivity index (χ2n) is 5.89. The molecular weight excluding hydrogens is 282 g/mol. The molecule has 3 rings (SSSR count). The van der Waals surface area contributed by atoms with Crippen LogP contribution in [-0.4, -0.2) is 9.97 Å². The Bertz CT molecular complexity index is 532. The summed E-state index contributed by atoms with van der Waals surface area (Å²) in [6, 6.07) is 10.3. The van der Waals surface area contributed by atoms with Gasteiger partial charge in [-0.15, -0.1) is 12.4 Å². The van der Waals surface area contributed by atoms with Crippen molar-refractivity contribution in [1.82, 2.24) is 9.97 Å². The number of aromatic nitrogens is 2. The lowest BCUT2D eigenvalue weighted by molar-refractivity contribution is 0.316. The third-order valence-electron chi connectivity index (χ3n) is 4.34. The van der Waals surface area contributed by atoms with Gasteiger partial charge in [-0.3, -0.25) is 0 Å². The monoisotopic (exact) mass is 305 g/mol. The Labute approximate surface area is 132 Å². The van der Waals surface area contributed by atoms with Crippen LogP contribution in [0.15, 0.2) is 36.5 Å². The van der Waals surface area contributed by atoms with Crippen molar-refractivity contribution in [1.29, 1.82) is 0 Å². The van der Waals surface area contributed by atoms with Crippen LogP contribution >= 0.6 is 12.4 Å². The first-order chi connectivity index (χ1) is 9.83. The molecule has 0 unspecified atom stereocenters. The average Bonchev–Trinajstić information content (AvgIpc) is 2.99. The van der Waals surface area contributed by atoms with Gasteiger partial charge in [-0.1, -0.05) is 62.4 Å². The molecule has 2 aromatic rings. The number of H-pyrrole nitrogens is 1. The van der Waals surface area contributed by atoms with Gasteiger partial charge < -0.3 is 10.7 Å². The molecule has 0 aliphatic heterocycles. The number of aromatic amines is 1. The Hall–Kier alpha value is -1.32. The highest BCUT2D eigenvalue weighted by Gasteiger charge is 2.19. The van der Waals surface area contributed by atoms with Crippen LogP contribution in [0.5, 0.6) is 0 Å². The second kappa shape index (κ2) is 7.62. The van der Waals surface area contributed by atoms with E-state index in [-0.39, 0.29) is 18.4 Å². The first kappa shape index (κ1) is 16.1. The van der Waals surface area contributed by atoms with Gasteiger partial charge in [-0.25, -0.2) is 4.98 Å². The van der Waals surface area contributed by atoms with Gasteiger partial charge in [0.1, 0.15) is 5.82 Å². The van der Waals surface area contributed by atoms with Crippen LogP contribution in [0.3, 0.4) is 0 Å². The van der Waals surface area contributed by atoms with Crippen LogP contribution in [0, 0.1) is 5.92 Å². The van der Waals surface area contributed by atoms with E-state index in [2.05, 4.69) is 22.1 Å². The van der Waals surface area contributed by atoms with Crippen molar-refractivity contribution in [3.05, 3.63) is 42.4 Å². The molecule has 1 heterocycles. The molecular formula is C17H24ClN3. The molecule has 0 spiro atoms. The highest BCUT2D eigenvalue weighted by atomic mass is 35.5. The van der Waals surface area contributed by atoms with Gasteiger partial charge in [0, 0.05) is 0 Å². The van der Waals surface area contributed by atoms with Crippen LogP contribution in [0.1, 0.15) is 50.4 Å². The third-order valence-corrected chi connectivity index (χ3v) is 4.34. The number of imidazole rings is 1. The quantitative estimate of drug-likeness (QED) is 0.875. The van der Waals surface area contributed by atoms with Gasteiger partial charge >= 0.3 is 0 Å². The van der Waals surface area contributed by atoms with Gasteiger partial charge in [-0.2, -0.15) is 0 Å². The minimum absolute atomic E-state index is 0. The Balaban J connectivity index is 0.00000161. The first-order valence-corrected chi connectivity index (χ1v) is 7.69. The Morgan fingerprint density at radius 2 is 1.86 bits per heavy atom.